The maximum atomic E-state index is 12.4. The number of hydrogen-bond donors (Lipinski definition) is 1. The fourth-order valence-electron chi connectivity index (χ4n) is 2.74. The molecule has 1 saturated carbocycles. The van der Waals surface area contributed by atoms with Crippen molar-refractivity contribution in [2.75, 3.05) is 19.7 Å². The number of ether oxygens (including phenoxy) is 1. The van der Waals surface area contributed by atoms with Crippen LogP contribution in [0.5, 0.6) is 0 Å². The third-order valence-electron chi connectivity index (χ3n) is 4.30. The average Bonchev–Trinajstić information content (AvgIpc) is 2.25. The molecule has 0 unspecified atom stereocenters. The Kier molecular flexibility index (Phi) is 3.85. The monoisotopic (exact) mass is 268 g/mol. The van der Waals surface area contributed by atoms with Crippen LogP contribution in [0.2, 0.25) is 0 Å². The number of hydrogen-bond acceptors (Lipinski definition) is 3. The van der Waals surface area contributed by atoms with E-state index in [0.717, 1.165) is 12.8 Å². The van der Waals surface area contributed by atoms with E-state index in [1.807, 2.05) is 4.90 Å². The van der Waals surface area contributed by atoms with Crippen molar-refractivity contribution in [3.8, 4) is 0 Å². The maximum absolute atomic E-state index is 12.4. The summed E-state index contributed by atoms with van der Waals surface area (Å²) in [6, 6.07) is 0. The van der Waals surface area contributed by atoms with Crippen LogP contribution >= 0.6 is 0 Å². The van der Waals surface area contributed by atoms with Gasteiger partial charge in [-0.25, -0.2) is 0 Å². The fraction of sp³-hybridized carbons (Fsp3) is 0.857. The van der Waals surface area contributed by atoms with Crippen LogP contribution in [0.4, 0.5) is 0 Å². The van der Waals surface area contributed by atoms with E-state index >= 15 is 0 Å². The van der Waals surface area contributed by atoms with Crippen LogP contribution < -0.4 is 5.73 Å². The van der Waals surface area contributed by atoms with E-state index in [4.69, 9.17) is 10.5 Å². The van der Waals surface area contributed by atoms with Gasteiger partial charge in [-0.2, -0.15) is 0 Å². The molecule has 2 amide bonds. The molecular formula is C14H24N2O3. The molecule has 5 heteroatoms. The first-order chi connectivity index (χ1) is 8.80. The molecule has 0 radical (unpaired) electrons. The number of rotatable bonds is 2. The van der Waals surface area contributed by atoms with Gasteiger partial charge in [0.1, 0.15) is 0 Å². The summed E-state index contributed by atoms with van der Waals surface area (Å²) in [6.07, 6.45) is 1.58. The molecular weight excluding hydrogens is 244 g/mol. The average molecular weight is 268 g/mol. The van der Waals surface area contributed by atoms with Crippen molar-refractivity contribution in [3.05, 3.63) is 0 Å². The van der Waals surface area contributed by atoms with Gasteiger partial charge < -0.3 is 15.4 Å². The summed E-state index contributed by atoms with van der Waals surface area (Å²) in [5.74, 6) is -0.725. The molecule has 3 atom stereocenters. The molecule has 1 aliphatic carbocycles. The largest absolute Gasteiger partial charge is 0.374 e. The van der Waals surface area contributed by atoms with Gasteiger partial charge >= 0.3 is 0 Å². The molecule has 0 aromatic heterocycles. The summed E-state index contributed by atoms with van der Waals surface area (Å²) in [4.78, 5) is 25.5. The van der Waals surface area contributed by atoms with Crippen LogP contribution in [0.25, 0.3) is 0 Å². The van der Waals surface area contributed by atoms with Crippen molar-refractivity contribution in [2.24, 2.45) is 23.0 Å². The van der Waals surface area contributed by atoms with Gasteiger partial charge in [-0.15, -0.1) is 0 Å². The first-order valence-electron chi connectivity index (χ1n) is 7.00. The van der Waals surface area contributed by atoms with Gasteiger partial charge in [0.05, 0.1) is 12.7 Å². The summed E-state index contributed by atoms with van der Waals surface area (Å²) in [7, 11) is 0. The van der Waals surface area contributed by atoms with Gasteiger partial charge in [-0.1, -0.05) is 20.8 Å². The second-order valence-corrected chi connectivity index (χ2v) is 6.70. The van der Waals surface area contributed by atoms with Crippen molar-refractivity contribution in [2.45, 2.75) is 39.7 Å². The molecule has 2 rings (SSSR count). The quantitative estimate of drug-likeness (QED) is 0.804. The smallest absolute Gasteiger partial charge is 0.226 e. The summed E-state index contributed by atoms with van der Waals surface area (Å²) in [5.41, 5.74) is 5.33. The van der Waals surface area contributed by atoms with Gasteiger partial charge in [-0.05, 0) is 18.3 Å². The predicted molar refractivity (Wildman–Crippen MR) is 71.2 cm³/mol. The minimum absolute atomic E-state index is 0.0155. The van der Waals surface area contributed by atoms with E-state index in [-0.39, 0.29) is 35.2 Å². The summed E-state index contributed by atoms with van der Waals surface area (Å²) in [6.45, 7) is 8.14. The molecule has 108 valence electrons. The number of carbonyl (C=O) groups excluding carboxylic acids is 2. The standard InChI is InChI=1S/C14H24N2O3/c1-14(2,3)11-8-16(6-7-19-11)13(18)10-5-4-9(10)12(15)17/h9-11H,4-8H2,1-3H3,(H2,15,17)/t9-,10-,11-/m0/s1. The van der Waals surface area contributed by atoms with Crippen LogP contribution in [0.15, 0.2) is 0 Å². The second-order valence-electron chi connectivity index (χ2n) is 6.70. The molecule has 5 nitrogen and oxygen atoms in total. The third-order valence-corrected chi connectivity index (χ3v) is 4.30. The summed E-state index contributed by atoms with van der Waals surface area (Å²) in [5, 5.41) is 0. The predicted octanol–water partition coefficient (Wildman–Crippen LogP) is 0.771. The molecule has 1 aliphatic heterocycles. The van der Waals surface area contributed by atoms with E-state index in [1.165, 1.54) is 0 Å². The molecule has 1 saturated heterocycles. The van der Waals surface area contributed by atoms with Crippen molar-refractivity contribution < 1.29 is 14.3 Å². The van der Waals surface area contributed by atoms with E-state index in [9.17, 15) is 9.59 Å². The fourth-order valence-corrected chi connectivity index (χ4v) is 2.74. The molecule has 19 heavy (non-hydrogen) atoms. The number of carbonyl (C=O) groups is 2. The summed E-state index contributed by atoms with van der Waals surface area (Å²) < 4.78 is 5.74. The van der Waals surface area contributed by atoms with Crippen LogP contribution in [-0.4, -0.2) is 42.5 Å². The Labute approximate surface area is 114 Å². The zero-order chi connectivity index (χ0) is 14.2. The van der Waals surface area contributed by atoms with Gasteiger partial charge in [0.25, 0.3) is 0 Å². The molecule has 0 bridgehead atoms. The van der Waals surface area contributed by atoms with E-state index < -0.39 is 0 Å². The zero-order valence-electron chi connectivity index (χ0n) is 12.0. The van der Waals surface area contributed by atoms with Crippen molar-refractivity contribution in [3.63, 3.8) is 0 Å². The zero-order valence-corrected chi connectivity index (χ0v) is 12.0. The van der Waals surface area contributed by atoms with E-state index in [0.29, 0.717) is 19.7 Å². The first kappa shape index (κ1) is 14.3. The van der Waals surface area contributed by atoms with Gasteiger partial charge in [0.2, 0.25) is 11.8 Å². The van der Waals surface area contributed by atoms with Gasteiger partial charge in [0.15, 0.2) is 0 Å². The molecule has 0 aromatic rings. The van der Waals surface area contributed by atoms with Crippen LogP contribution in [0.1, 0.15) is 33.6 Å². The number of nitrogens with zero attached hydrogens (tertiary/aromatic N) is 1. The van der Waals surface area contributed by atoms with Crippen molar-refractivity contribution in [1.82, 2.24) is 4.90 Å². The topological polar surface area (TPSA) is 72.6 Å². The normalized spacial score (nSPS) is 31.7. The third kappa shape index (κ3) is 2.91. The Bertz CT molecular complexity index is 375. The maximum Gasteiger partial charge on any atom is 0.226 e. The van der Waals surface area contributed by atoms with Crippen molar-refractivity contribution >= 4 is 11.8 Å². The van der Waals surface area contributed by atoms with Crippen molar-refractivity contribution in [1.29, 1.82) is 0 Å². The molecule has 0 spiro atoms. The Morgan fingerprint density at radius 3 is 2.32 bits per heavy atom. The lowest BCUT2D eigenvalue weighted by Crippen LogP contribution is -2.54. The summed E-state index contributed by atoms with van der Waals surface area (Å²) >= 11 is 0. The van der Waals surface area contributed by atoms with Crippen LogP contribution in [0.3, 0.4) is 0 Å². The number of morpholine rings is 1. The highest BCUT2D eigenvalue weighted by atomic mass is 16.5. The SMILES string of the molecule is CC(C)(C)[C@@H]1CN(C(=O)[C@H]2CC[C@@H]2C(N)=O)CCO1. The number of nitrogens with two attached hydrogens (primary N) is 1. The highest BCUT2D eigenvalue weighted by molar-refractivity contribution is 5.88. The highest BCUT2D eigenvalue weighted by Crippen LogP contribution is 2.36. The molecule has 2 N–H and O–H groups in total. The van der Waals surface area contributed by atoms with E-state index in [1.54, 1.807) is 0 Å². The molecule has 0 aromatic carbocycles. The minimum Gasteiger partial charge on any atom is -0.374 e. The van der Waals surface area contributed by atoms with E-state index in [2.05, 4.69) is 20.8 Å². The molecule has 1 heterocycles. The number of primary amides is 1. The number of amides is 2. The molecule has 2 fully saturated rings. The van der Waals surface area contributed by atoms with Crippen LogP contribution in [-0.2, 0) is 14.3 Å². The minimum atomic E-state index is -0.342. The lowest BCUT2D eigenvalue weighted by Gasteiger charge is -2.43. The Morgan fingerprint density at radius 2 is 1.84 bits per heavy atom. The Balaban J connectivity index is 1.98. The second kappa shape index (κ2) is 5.12. The van der Waals surface area contributed by atoms with Gasteiger partial charge in [0, 0.05) is 24.9 Å². The van der Waals surface area contributed by atoms with Crippen LogP contribution in [0, 0.1) is 17.3 Å². The van der Waals surface area contributed by atoms with Gasteiger partial charge in [-0.3, -0.25) is 9.59 Å². The Hall–Kier alpha value is -1.10. The lowest BCUT2D eigenvalue weighted by molar-refractivity contribution is -0.156. The first-order valence-corrected chi connectivity index (χ1v) is 7.00. The highest BCUT2D eigenvalue weighted by Gasteiger charge is 2.43. The Morgan fingerprint density at radius 1 is 1.21 bits per heavy atom. The lowest BCUT2D eigenvalue weighted by atomic mass is 9.72. The molecule has 2 aliphatic rings.